The van der Waals surface area contributed by atoms with Crippen LogP contribution in [0.25, 0.3) is 5.69 Å². The second kappa shape index (κ2) is 7.99. The first-order valence-electron chi connectivity index (χ1n) is 7.26. The summed E-state index contributed by atoms with van der Waals surface area (Å²) >= 11 is 10.6. The van der Waals surface area contributed by atoms with Gasteiger partial charge in [-0.2, -0.15) is 4.68 Å². The van der Waals surface area contributed by atoms with Gasteiger partial charge in [0.15, 0.2) is 0 Å². The van der Waals surface area contributed by atoms with Crippen LogP contribution in [0, 0.1) is 6.92 Å². The maximum Gasteiger partial charge on any atom is 0.234 e. The Labute approximate surface area is 162 Å². The van der Waals surface area contributed by atoms with E-state index in [-0.39, 0.29) is 11.7 Å². The Morgan fingerprint density at radius 2 is 2.04 bits per heavy atom. The second-order valence-corrected chi connectivity index (χ2v) is 7.44. The zero-order valence-corrected chi connectivity index (χ0v) is 16.3. The lowest BCUT2D eigenvalue weighted by Gasteiger charge is -2.08. The number of amides is 1. The Morgan fingerprint density at radius 3 is 2.80 bits per heavy atom. The van der Waals surface area contributed by atoms with Crippen molar-refractivity contribution in [2.24, 2.45) is 0 Å². The summed E-state index contributed by atoms with van der Waals surface area (Å²) in [5.41, 5.74) is 2.47. The molecule has 6 nitrogen and oxygen atoms in total. The number of aromatic nitrogens is 4. The molecule has 25 heavy (non-hydrogen) atoms. The van der Waals surface area contributed by atoms with Gasteiger partial charge < -0.3 is 5.32 Å². The fourth-order valence-corrected chi connectivity index (χ4v) is 3.19. The third-order valence-electron chi connectivity index (χ3n) is 3.32. The van der Waals surface area contributed by atoms with Gasteiger partial charge in [-0.3, -0.25) is 4.79 Å². The Hall–Kier alpha value is -1.90. The number of rotatable bonds is 5. The van der Waals surface area contributed by atoms with Gasteiger partial charge in [-0.05, 0) is 59.3 Å². The normalized spacial score (nSPS) is 10.7. The number of benzene rings is 2. The monoisotopic (exact) mass is 437 g/mol. The van der Waals surface area contributed by atoms with E-state index in [1.165, 1.54) is 11.8 Å². The lowest BCUT2D eigenvalue weighted by molar-refractivity contribution is -0.113. The number of carbonyl (C=O) groups excluding carboxylic acids is 1. The summed E-state index contributed by atoms with van der Waals surface area (Å²) in [6, 6.07) is 13.0. The van der Waals surface area contributed by atoms with Gasteiger partial charge in [0.1, 0.15) is 0 Å². The van der Waals surface area contributed by atoms with Crippen LogP contribution in [0.2, 0.25) is 5.02 Å². The fourth-order valence-electron chi connectivity index (χ4n) is 2.06. The summed E-state index contributed by atoms with van der Waals surface area (Å²) in [6.07, 6.45) is 0. The van der Waals surface area contributed by atoms with Crippen molar-refractivity contribution in [1.29, 1.82) is 0 Å². The molecule has 0 aliphatic rings. The minimum atomic E-state index is -0.152. The average molecular weight is 439 g/mol. The van der Waals surface area contributed by atoms with E-state index in [9.17, 15) is 4.79 Å². The summed E-state index contributed by atoms with van der Waals surface area (Å²) in [7, 11) is 0. The Kier molecular flexibility index (Phi) is 5.72. The van der Waals surface area contributed by atoms with Gasteiger partial charge in [-0.15, -0.1) is 5.10 Å². The molecular weight excluding hydrogens is 426 g/mol. The highest BCUT2D eigenvalue weighted by atomic mass is 79.9. The fraction of sp³-hybridized carbons (Fsp3) is 0.125. The molecular formula is C16H13BrClN5OS. The molecule has 0 unspecified atom stereocenters. The molecule has 3 aromatic rings. The van der Waals surface area contributed by atoms with Crippen molar-refractivity contribution in [2.75, 3.05) is 11.1 Å². The second-order valence-electron chi connectivity index (χ2n) is 5.15. The van der Waals surface area contributed by atoms with Gasteiger partial charge in [0.05, 0.1) is 11.4 Å². The number of aryl methyl sites for hydroxylation is 1. The molecule has 128 valence electrons. The van der Waals surface area contributed by atoms with Crippen LogP contribution < -0.4 is 5.32 Å². The van der Waals surface area contributed by atoms with Gasteiger partial charge in [0.2, 0.25) is 11.1 Å². The minimum absolute atomic E-state index is 0.152. The molecule has 1 amide bonds. The highest BCUT2D eigenvalue weighted by molar-refractivity contribution is 9.10. The summed E-state index contributed by atoms with van der Waals surface area (Å²) in [4.78, 5) is 12.2. The standard InChI is InChI=1S/C16H13BrClN5OS/c1-10-2-5-12(18)8-14(10)19-15(24)9-25-16-20-21-22-23(16)13-6-3-11(17)4-7-13/h2-8H,9H2,1H3,(H,19,24). The van der Waals surface area contributed by atoms with E-state index in [1.807, 2.05) is 37.3 Å². The molecule has 0 fully saturated rings. The summed E-state index contributed by atoms with van der Waals surface area (Å²) < 4.78 is 2.56. The smallest absolute Gasteiger partial charge is 0.234 e. The van der Waals surface area contributed by atoms with E-state index < -0.39 is 0 Å². The van der Waals surface area contributed by atoms with E-state index in [0.29, 0.717) is 15.9 Å². The zero-order valence-electron chi connectivity index (χ0n) is 13.1. The first-order chi connectivity index (χ1) is 12.0. The molecule has 9 heteroatoms. The summed E-state index contributed by atoms with van der Waals surface area (Å²) in [5, 5.41) is 15.6. The average Bonchev–Trinajstić information content (AvgIpc) is 3.05. The van der Waals surface area contributed by atoms with Crippen molar-refractivity contribution < 1.29 is 4.79 Å². The molecule has 0 saturated heterocycles. The topological polar surface area (TPSA) is 72.7 Å². The van der Waals surface area contributed by atoms with E-state index >= 15 is 0 Å². The van der Waals surface area contributed by atoms with Crippen molar-refractivity contribution in [1.82, 2.24) is 20.2 Å². The van der Waals surface area contributed by atoms with E-state index in [2.05, 4.69) is 36.8 Å². The molecule has 0 aliphatic heterocycles. The Morgan fingerprint density at radius 1 is 1.28 bits per heavy atom. The number of nitrogens with zero attached hydrogens (tertiary/aromatic N) is 4. The minimum Gasteiger partial charge on any atom is -0.325 e. The van der Waals surface area contributed by atoms with E-state index in [1.54, 1.807) is 16.8 Å². The lowest BCUT2D eigenvalue weighted by atomic mass is 10.2. The third kappa shape index (κ3) is 4.59. The molecule has 0 bridgehead atoms. The van der Waals surface area contributed by atoms with Crippen LogP contribution in [0.3, 0.4) is 0 Å². The maximum atomic E-state index is 12.2. The van der Waals surface area contributed by atoms with Crippen LogP contribution in [-0.2, 0) is 4.79 Å². The maximum absolute atomic E-state index is 12.2. The van der Waals surface area contributed by atoms with E-state index in [4.69, 9.17) is 11.6 Å². The van der Waals surface area contributed by atoms with Gasteiger partial charge >= 0.3 is 0 Å². The summed E-state index contributed by atoms with van der Waals surface area (Å²) in [5.74, 6) is 0.0313. The quantitative estimate of drug-likeness (QED) is 0.607. The number of hydrogen-bond donors (Lipinski definition) is 1. The number of anilines is 1. The Balaban J connectivity index is 1.66. The molecule has 0 atom stereocenters. The molecule has 0 saturated carbocycles. The predicted octanol–water partition coefficient (Wildman–Crippen LogP) is 4.12. The predicted molar refractivity (Wildman–Crippen MR) is 102 cm³/mol. The number of hydrogen-bond acceptors (Lipinski definition) is 5. The van der Waals surface area contributed by atoms with Crippen molar-refractivity contribution in [3.8, 4) is 5.69 Å². The molecule has 0 spiro atoms. The zero-order chi connectivity index (χ0) is 17.8. The Bertz CT molecular complexity index is 900. The number of halogens is 2. The molecule has 3 rings (SSSR count). The van der Waals surface area contributed by atoms with Gasteiger partial charge in [0, 0.05) is 15.2 Å². The van der Waals surface area contributed by atoms with Crippen LogP contribution in [0.5, 0.6) is 0 Å². The summed E-state index contributed by atoms with van der Waals surface area (Å²) in [6.45, 7) is 1.91. The molecule has 1 heterocycles. The van der Waals surface area contributed by atoms with Gasteiger partial charge in [-0.1, -0.05) is 45.4 Å². The van der Waals surface area contributed by atoms with Crippen molar-refractivity contribution in [3.63, 3.8) is 0 Å². The van der Waals surface area contributed by atoms with Crippen molar-refractivity contribution in [3.05, 3.63) is 57.5 Å². The van der Waals surface area contributed by atoms with Crippen molar-refractivity contribution in [2.45, 2.75) is 12.1 Å². The van der Waals surface area contributed by atoms with Crippen molar-refractivity contribution >= 4 is 50.9 Å². The number of carbonyl (C=O) groups is 1. The van der Waals surface area contributed by atoms with E-state index in [0.717, 1.165) is 15.7 Å². The molecule has 0 radical (unpaired) electrons. The highest BCUT2D eigenvalue weighted by Crippen LogP contribution is 2.22. The largest absolute Gasteiger partial charge is 0.325 e. The SMILES string of the molecule is Cc1ccc(Cl)cc1NC(=O)CSc1nnnn1-c1ccc(Br)cc1. The van der Waals surface area contributed by atoms with Crippen LogP contribution in [0.1, 0.15) is 5.56 Å². The van der Waals surface area contributed by atoms with Gasteiger partial charge in [-0.25, -0.2) is 0 Å². The molecule has 0 aliphatic carbocycles. The first kappa shape index (κ1) is 17.9. The van der Waals surface area contributed by atoms with Crippen LogP contribution in [0.15, 0.2) is 52.1 Å². The number of nitrogens with one attached hydrogen (secondary N) is 1. The van der Waals surface area contributed by atoms with Crippen LogP contribution in [0.4, 0.5) is 5.69 Å². The first-order valence-corrected chi connectivity index (χ1v) is 9.42. The number of tetrazole rings is 1. The van der Waals surface area contributed by atoms with Crippen LogP contribution >= 0.6 is 39.3 Å². The molecule has 1 N–H and O–H groups in total. The highest BCUT2D eigenvalue weighted by Gasteiger charge is 2.12. The molecule has 2 aromatic carbocycles. The molecule has 1 aromatic heterocycles. The van der Waals surface area contributed by atoms with Gasteiger partial charge in [0.25, 0.3) is 0 Å². The lowest BCUT2D eigenvalue weighted by Crippen LogP contribution is -2.15. The number of thioether (sulfide) groups is 1. The van der Waals surface area contributed by atoms with Crippen LogP contribution in [-0.4, -0.2) is 31.9 Å². The third-order valence-corrected chi connectivity index (χ3v) is 5.00.